The number of fused-ring (bicyclic) bond motifs is 1. The minimum Gasteiger partial charge on any atom is -0.507 e. The standard InChI is InChI=1S/C16H16N2O2S/c1-18-13(7-12(9-19)17-18)10-21-14-6-11-4-2-3-5-15(11)16(20)8-14/h2-8,19-20H,9-10H2,1H3. The van der Waals surface area contributed by atoms with Crippen LogP contribution in [-0.4, -0.2) is 20.0 Å². The Balaban J connectivity index is 1.83. The Morgan fingerprint density at radius 3 is 2.76 bits per heavy atom. The molecule has 21 heavy (non-hydrogen) atoms. The Morgan fingerprint density at radius 1 is 1.19 bits per heavy atom. The van der Waals surface area contributed by atoms with Crippen molar-refractivity contribution in [3.8, 4) is 5.75 Å². The molecule has 108 valence electrons. The molecule has 4 nitrogen and oxygen atoms in total. The van der Waals surface area contributed by atoms with Crippen LogP contribution < -0.4 is 0 Å². The molecule has 0 saturated carbocycles. The molecule has 0 amide bonds. The Hall–Kier alpha value is -1.98. The zero-order chi connectivity index (χ0) is 14.8. The molecule has 0 unspecified atom stereocenters. The zero-order valence-corrected chi connectivity index (χ0v) is 12.5. The Morgan fingerprint density at radius 2 is 2.00 bits per heavy atom. The second-order valence-electron chi connectivity index (χ2n) is 4.86. The third kappa shape index (κ3) is 2.89. The van der Waals surface area contributed by atoms with Gasteiger partial charge in [0.25, 0.3) is 0 Å². The van der Waals surface area contributed by atoms with Crippen LogP contribution in [0.4, 0.5) is 0 Å². The molecular formula is C16H16N2O2S. The molecule has 3 aromatic rings. The molecule has 0 aliphatic rings. The Kier molecular flexibility index (Phi) is 3.86. The van der Waals surface area contributed by atoms with E-state index in [2.05, 4.69) is 11.2 Å². The SMILES string of the molecule is Cn1nc(CO)cc1CSc1cc(O)c2ccccc2c1. The zero-order valence-electron chi connectivity index (χ0n) is 11.7. The minimum atomic E-state index is -0.0464. The van der Waals surface area contributed by atoms with Crippen molar-refractivity contribution in [3.63, 3.8) is 0 Å². The first-order valence-electron chi connectivity index (χ1n) is 6.64. The third-order valence-corrected chi connectivity index (χ3v) is 4.40. The smallest absolute Gasteiger partial charge is 0.124 e. The predicted octanol–water partition coefficient (Wildman–Crippen LogP) is 3.06. The average Bonchev–Trinajstić information content (AvgIpc) is 2.86. The number of thioether (sulfide) groups is 1. The maximum atomic E-state index is 10.1. The molecule has 0 atom stereocenters. The highest BCUT2D eigenvalue weighted by molar-refractivity contribution is 7.98. The van der Waals surface area contributed by atoms with Crippen LogP contribution in [-0.2, 0) is 19.4 Å². The highest BCUT2D eigenvalue weighted by Crippen LogP contribution is 2.32. The number of nitrogens with zero attached hydrogens (tertiary/aromatic N) is 2. The summed E-state index contributed by atoms with van der Waals surface area (Å²) in [6.45, 7) is -0.0464. The van der Waals surface area contributed by atoms with Crippen LogP contribution >= 0.6 is 11.8 Å². The molecule has 0 saturated heterocycles. The maximum Gasteiger partial charge on any atom is 0.124 e. The summed E-state index contributed by atoms with van der Waals surface area (Å²) in [7, 11) is 1.87. The summed E-state index contributed by atoms with van der Waals surface area (Å²) < 4.78 is 1.78. The van der Waals surface area contributed by atoms with E-state index in [1.807, 2.05) is 37.4 Å². The minimum absolute atomic E-state index is 0.0464. The lowest BCUT2D eigenvalue weighted by molar-refractivity contribution is 0.275. The molecule has 5 heteroatoms. The summed E-state index contributed by atoms with van der Waals surface area (Å²) in [6.07, 6.45) is 0. The van der Waals surface area contributed by atoms with Gasteiger partial charge < -0.3 is 10.2 Å². The lowest BCUT2D eigenvalue weighted by atomic mass is 10.1. The van der Waals surface area contributed by atoms with Crippen LogP contribution in [0, 0.1) is 0 Å². The van der Waals surface area contributed by atoms with Gasteiger partial charge in [-0.15, -0.1) is 11.8 Å². The fraction of sp³-hybridized carbons (Fsp3) is 0.188. The van der Waals surface area contributed by atoms with Gasteiger partial charge in [-0.3, -0.25) is 4.68 Å². The summed E-state index contributed by atoms with van der Waals surface area (Å²) in [5.41, 5.74) is 1.71. The molecule has 3 rings (SSSR count). The van der Waals surface area contributed by atoms with E-state index in [9.17, 15) is 5.11 Å². The largest absolute Gasteiger partial charge is 0.507 e. The van der Waals surface area contributed by atoms with E-state index in [0.717, 1.165) is 27.1 Å². The van der Waals surface area contributed by atoms with E-state index >= 15 is 0 Å². The van der Waals surface area contributed by atoms with Crippen molar-refractivity contribution in [1.29, 1.82) is 0 Å². The fourth-order valence-corrected chi connectivity index (χ4v) is 3.28. The van der Waals surface area contributed by atoms with Crippen molar-refractivity contribution in [1.82, 2.24) is 9.78 Å². The van der Waals surface area contributed by atoms with E-state index in [-0.39, 0.29) is 6.61 Å². The molecule has 0 spiro atoms. The molecule has 2 N–H and O–H groups in total. The summed E-state index contributed by atoms with van der Waals surface area (Å²) in [6, 6.07) is 13.5. The Labute approximate surface area is 127 Å². The van der Waals surface area contributed by atoms with Gasteiger partial charge in [0.05, 0.1) is 12.3 Å². The Bertz CT molecular complexity index is 783. The first-order chi connectivity index (χ1) is 10.2. The van der Waals surface area contributed by atoms with E-state index < -0.39 is 0 Å². The number of benzene rings is 2. The normalized spacial score (nSPS) is 11.1. The van der Waals surface area contributed by atoms with Crippen LogP contribution in [0.25, 0.3) is 10.8 Å². The maximum absolute atomic E-state index is 10.1. The average molecular weight is 300 g/mol. The number of hydrogen-bond acceptors (Lipinski definition) is 4. The van der Waals surface area contributed by atoms with Gasteiger partial charge in [-0.2, -0.15) is 5.10 Å². The lowest BCUT2D eigenvalue weighted by Gasteiger charge is -2.06. The molecule has 0 bridgehead atoms. The molecule has 0 aliphatic heterocycles. The molecule has 2 aromatic carbocycles. The summed E-state index contributed by atoms with van der Waals surface area (Å²) in [5.74, 6) is 1.04. The van der Waals surface area contributed by atoms with E-state index in [4.69, 9.17) is 5.11 Å². The van der Waals surface area contributed by atoms with E-state index in [1.54, 1.807) is 22.5 Å². The highest BCUT2D eigenvalue weighted by Gasteiger charge is 2.07. The van der Waals surface area contributed by atoms with Crippen molar-refractivity contribution in [2.75, 3.05) is 0 Å². The topological polar surface area (TPSA) is 58.3 Å². The number of rotatable bonds is 4. The summed E-state index contributed by atoms with van der Waals surface area (Å²) in [5, 5.41) is 25.3. The fourth-order valence-electron chi connectivity index (χ4n) is 2.29. The molecule has 1 aromatic heterocycles. The number of aliphatic hydroxyl groups excluding tert-OH is 1. The van der Waals surface area contributed by atoms with Crippen LogP contribution in [0.1, 0.15) is 11.4 Å². The first-order valence-corrected chi connectivity index (χ1v) is 7.63. The summed E-state index contributed by atoms with van der Waals surface area (Å²) in [4.78, 5) is 1.01. The van der Waals surface area contributed by atoms with Gasteiger partial charge in [0.1, 0.15) is 5.75 Å². The third-order valence-electron chi connectivity index (χ3n) is 3.39. The van der Waals surface area contributed by atoms with E-state index in [0.29, 0.717) is 11.4 Å². The quantitative estimate of drug-likeness (QED) is 0.727. The van der Waals surface area contributed by atoms with Crippen molar-refractivity contribution in [2.24, 2.45) is 7.05 Å². The number of aliphatic hydroxyl groups is 1. The number of phenols is 1. The number of aromatic nitrogens is 2. The summed E-state index contributed by atoms with van der Waals surface area (Å²) >= 11 is 1.64. The lowest BCUT2D eigenvalue weighted by Crippen LogP contribution is -1.96. The predicted molar refractivity (Wildman–Crippen MR) is 84.3 cm³/mol. The number of phenolic OH excluding ortho intramolecular Hbond substituents is 1. The van der Waals surface area contributed by atoms with Crippen molar-refractivity contribution < 1.29 is 10.2 Å². The van der Waals surface area contributed by atoms with Gasteiger partial charge in [-0.05, 0) is 23.6 Å². The van der Waals surface area contributed by atoms with Crippen molar-refractivity contribution >= 4 is 22.5 Å². The van der Waals surface area contributed by atoms with E-state index in [1.165, 1.54) is 0 Å². The van der Waals surface area contributed by atoms with Crippen LogP contribution in [0.15, 0.2) is 47.4 Å². The molecule has 0 radical (unpaired) electrons. The second kappa shape index (κ2) is 5.79. The van der Waals surface area contributed by atoms with Crippen LogP contribution in [0.3, 0.4) is 0 Å². The number of aromatic hydroxyl groups is 1. The van der Waals surface area contributed by atoms with Crippen LogP contribution in [0.2, 0.25) is 0 Å². The van der Waals surface area contributed by atoms with Gasteiger partial charge in [0.15, 0.2) is 0 Å². The monoisotopic (exact) mass is 300 g/mol. The molecule has 0 aliphatic carbocycles. The van der Waals surface area contributed by atoms with Gasteiger partial charge in [0, 0.05) is 28.8 Å². The highest BCUT2D eigenvalue weighted by atomic mass is 32.2. The van der Waals surface area contributed by atoms with Gasteiger partial charge in [-0.25, -0.2) is 0 Å². The number of hydrogen-bond donors (Lipinski definition) is 2. The number of aryl methyl sites for hydroxylation is 1. The van der Waals surface area contributed by atoms with Gasteiger partial charge >= 0.3 is 0 Å². The second-order valence-corrected chi connectivity index (χ2v) is 5.91. The van der Waals surface area contributed by atoms with Crippen LogP contribution in [0.5, 0.6) is 5.75 Å². The van der Waals surface area contributed by atoms with Gasteiger partial charge in [-0.1, -0.05) is 24.3 Å². The first kappa shape index (κ1) is 14.0. The molecule has 0 fully saturated rings. The van der Waals surface area contributed by atoms with Gasteiger partial charge in [0.2, 0.25) is 0 Å². The molecule has 1 heterocycles. The van der Waals surface area contributed by atoms with Crippen molar-refractivity contribution in [2.45, 2.75) is 17.3 Å². The van der Waals surface area contributed by atoms with Crippen molar-refractivity contribution in [3.05, 3.63) is 53.9 Å². The molecular weight excluding hydrogens is 284 g/mol.